The van der Waals surface area contributed by atoms with Crippen molar-refractivity contribution in [3.8, 4) is 11.5 Å². The van der Waals surface area contributed by atoms with Crippen LogP contribution in [0.4, 0.5) is 0 Å². The van der Waals surface area contributed by atoms with Gasteiger partial charge in [0.25, 0.3) is 0 Å². The van der Waals surface area contributed by atoms with Gasteiger partial charge in [-0.3, -0.25) is 0 Å². The van der Waals surface area contributed by atoms with E-state index >= 15 is 0 Å². The second kappa shape index (κ2) is 14.6. The minimum Gasteiger partial charge on any atom is -0.497 e. The van der Waals surface area contributed by atoms with Gasteiger partial charge in [0.05, 0.1) is 47.3 Å². The average molecular weight is 593 g/mol. The predicted octanol–water partition coefficient (Wildman–Crippen LogP) is 7.70. The van der Waals surface area contributed by atoms with E-state index in [9.17, 15) is 0 Å². The van der Waals surface area contributed by atoms with Crippen molar-refractivity contribution >= 4 is 0 Å². The van der Waals surface area contributed by atoms with Gasteiger partial charge in [-0.25, -0.2) is 0 Å². The lowest BCUT2D eigenvalue weighted by Crippen LogP contribution is -2.51. The van der Waals surface area contributed by atoms with Gasteiger partial charge in [-0.1, -0.05) is 56.7 Å². The highest BCUT2D eigenvalue weighted by molar-refractivity contribution is 5.27. The summed E-state index contributed by atoms with van der Waals surface area (Å²) in [6, 6.07) is 16.3. The topological polar surface area (TPSA) is 55.4 Å². The zero-order valence-electron chi connectivity index (χ0n) is 27.1. The van der Waals surface area contributed by atoms with Gasteiger partial charge in [0, 0.05) is 19.4 Å². The standard InChI is InChI=1S/C37H52O6/c1-25(2)36(24-41-23-29-9-13-31(39-6)14-10-29)33-18-26(3)17-32-34(19-37(20-35(32)33)42-15-16-43-37)27(4)21-40-22-28-7-11-30(38-5)12-8-28/h7-14,17,25,27,32-36H,15-16,18-24H2,1-6H3/t27-,32-,33-,34+,35+,36-/m1/s1. The fourth-order valence-electron chi connectivity index (χ4n) is 7.83. The van der Waals surface area contributed by atoms with Crippen LogP contribution in [0.15, 0.2) is 60.2 Å². The van der Waals surface area contributed by atoms with Crippen molar-refractivity contribution in [2.45, 2.75) is 66.0 Å². The summed E-state index contributed by atoms with van der Waals surface area (Å²) in [4.78, 5) is 0. The van der Waals surface area contributed by atoms with Gasteiger partial charge in [0.2, 0.25) is 0 Å². The molecule has 2 aromatic rings. The Kier molecular flexibility index (Phi) is 10.9. The lowest BCUT2D eigenvalue weighted by molar-refractivity contribution is -0.220. The third-order valence-electron chi connectivity index (χ3n) is 10.2. The fourth-order valence-corrected chi connectivity index (χ4v) is 7.83. The summed E-state index contributed by atoms with van der Waals surface area (Å²) in [7, 11) is 3.39. The molecule has 0 N–H and O–H groups in total. The Morgan fingerprint density at radius 2 is 1.33 bits per heavy atom. The first-order chi connectivity index (χ1) is 20.8. The Morgan fingerprint density at radius 1 is 0.767 bits per heavy atom. The molecule has 43 heavy (non-hydrogen) atoms. The molecular weight excluding hydrogens is 540 g/mol. The number of benzene rings is 2. The Bertz CT molecular complexity index is 1170. The van der Waals surface area contributed by atoms with Crippen molar-refractivity contribution in [2.75, 3.05) is 40.6 Å². The summed E-state index contributed by atoms with van der Waals surface area (Å²) in [6.45, 7) is 13.5. The van der Waals surface area contributed by atoms with Gasteiger partial charge >= 0.3 is 0 Å². The fraction of sp³-hybridized carbons (Fsp3) is 0.622. The van der Waals surface area contributed by atoms with Crippen molar-refractivity contribution in [1.29, 1.82) is 0 Å². The summed E-state index contributed by atoms with van der Waals surface area (Å²) in [5.41, 5.74) is 3.85. The number of methoxy groups -OCH3 is 2. The molecule has 1 aliphatic heterocycles. The number of rotatable bonds is 13. The number of hydrogen-bond donors (Lipinski definition) is 0. The third kappa shape index (κ3) is 7.83. The van der Waals surface area contributed by atoms with E-state index in [4.69, 9.17) is 28.4 Å². The van der Waals surface area contributed by atoms with Crippen LogP contribution in [0, 0.1) is 41.4 Å². The molecule has 5 rings (SSSR count). The van der Waals surface area contributed by atoms with E-state index in [2.05, 4.69) is 58.0 Å². The van der Waals surface area contributed by atoms with Crippen LogP contribution in [-0.2, 0) is 32.2 Å². The quantitative estimate of drug-likeness (QED) is 0.222. The molecule has 236 valence electrons. The van der Waals surface area contributed by atoms with E-state index in [-0.39, 0.29) is 0 Å². The van der Waals surface area contributed by atoms with Gasteiger partial charge in [-0.05, 0) is 90.2 Å². The molecule has 2 aliphatic carbocycles. The summed E-state index contributed by atoms with van der Waals surface area (Å²) in [5, 5.41) is 0. The maximum atomic E-state index is 6.44. The molecule has 1 saturated heterocycles. The normalized spacial score (nSPS) is 26.2. The predicted molar refractivity (Wildman–Crippen MR) is 169 cm³/mol. The summed E-state index contributed by atoms with van der Waals surface area (Å²) >= 11 is 0. The minimum absolute atomic E-state index is 0.377. The molecule has 1 heterocycles. The monoisotopic (exact) mass is 592 g/mol. The van der Waals surface area contributed by atoms with Crippen molar-refractivity contribution in [2.24, 2.45) is 41.4 Å². The molecular formula is C37H52O6. The highest BCUT2D eigenvalue weighted by atomic mass is 16.7. The summed E-state index contributed by atoms with van der Waals surface area (Å²) in [6.07, 6.45) is 5.59. The van der Waals surface area contributed by atoms with Gasteiger partial charge in [0.15, 0.2) is 5.79 Å². The minimum atomic E-state index is -0.473. The van der Waals surface area contributed by atoms with E-state index in [0.717, 1.165) is 42.9 Å². The van der Waals surface area contributed by atoms with Crippen LogP contribution in [0.1, 0.15) is 58.1 Å². The first kappa shape index (κ1) is 32.0. The molecule has 6 heteroatoms. The van der Waals surface area contributed by atoms with Crippen molar-refractivity contribution in [1.82, 2.24) is 0 Å². The van der Waals surface area contributed by atoms with Gasteiger partial charge in [-0.15, -0.1) is 0 Å². The molecule has 1 spiro atoms. The maximum absolute atomic E-state index is 6.44. The smallest absolute Gasteiger partial charge is 0.169 e. The van der Waals surface area contributed by atoms with Crippen LogP contribution in [0.2, 0.25) is 0 Å². The summed E-state index contributed by atoms with van der Waals surface area (Å²) < 4.78 is 36.3. The van der Waals surface area contributed by atoms with Gasteiger partial charge < -0.3 is 28.4 Å². The first-order valence-electron chi connectivity index (χ1n) is 16.2. The van der Waals surface area contributed by atoms with Crippen LogP contribution < -0.4 is 9.47 Å². The Balaban J connectivity index is 1.29. The maximum Gasteiger partial charge on any atom is 0.169 e. The molecule has 0 aromatic heterocycles. The van der Waals surface area contributed by atoms with Gasteiger partial charge in [-0.2, -0.15) is 0 Å². The van der Waals surface area contributed by atoms with Crippen molar-refractivity contribution in [3.63, 3.8) is 0 Å². The van der Waals surface area contributed by atoms with Crippen LogP contribution in [-0.4, -0.2) is 46.4 Å². The van der Waals surface area contributed by atoms with E-state index in [0.29, 0.717) is 74.5 Å². The second-order valence-electron chi connectivity index (χ2n) is 13.4. The zero-order chi connectivity index (χ0) is 30.4. The number of hydrogen-bond acceptors (Lipinski definition) is 6. The first-order valence-corrected chi connectivity index (χ1v) is 16.2. The van der Waals surface area contributed by atoms with E-state index in [1.54, 1.807) is 14.2 Å². The van der Waals surface area contributed by atoms with Crippen LogP contribution in [0.3, 0.4) is 0 Å². The molecule has 2 aromatic carbocycles. The highest BCUT2D eigenvalue weighted by Crippen LogP contribution is 2.55. The average Bonchev–Trinajstić information content (AvgIpc) is 3.46. The molecule has 6 atom stereocenters. The molecule has 3 aliphatic rings. The Morgan fingerprint density at radius 3 is 1.86 bits per heavy atom. The molecule has 1 saturated carbocycles. The van der Waals surface area contributed by atoms with E-state index in [1.807, 2.05) is 24.3 Å². The second-order valence-corrected chi connectivity index (χ2v) is 13.4. The molecule has 0 bridgehead atoms. The Labute approximate surface area is 259 Å². The molecule has 0 unspecified atom stereocenters. The molecule has 6 nitrogen and oxygen atoms in total. The number of fused-ring (bicyclic) bond motifs is 1. The largest absolute Gasteiger partial charge is 0.497 e. The van der Waals surface area contributed by atoms with Crippen LogP contribution >= 0.6 is 0 Å². The van der Waals surface area contributed by atoms with Crippen LogP contribution in [0.5, 0.6) is 11.5 Å². The van der Waals surface area contributed by atoms with Crippen molar-refractivity contribution in [3.05, 3.63) is 71.3 Å². The number of allylic oxidation sites excluding steroid dienone is 2. The molecule has 0 radical (unpaired) electrons. The Hall–Kier alpha value is -2.38. The van der Waals surface area contributed by atoms with E-state index < -0.39 is 5.79 Å². The third-order valence-corrected chi connectivity index (χ3v) is 10.2. The highest BCUT2D eigenvalue weighted by Gasteiger charge is 2.54. The number of ether oxygens (including phenoxy) is 6. The van der Waals surface area contributed by atoms with Gasteiger partial charge in [0.1, 0.15) is 11.5 Å². The zero-order valence-corrected chi connectivity index (χ0v) is 27.1. The van der Waals surface area contributed by atoms with Crippen LogP contribution in [0.25, 0.3) is 0 Å². The van der Waals surface area contributed by atoms with E-state index in [1.165, 1.54) is 11.1 Å². The lowest BCUT2D eigenvalue weighted by Gasteiger charge is -2.53. The van der Waals surface area contributed by atoms with Crippen molar-refractivity contribution < 1.29 is 28.4 Å². The lowest BCUT2D eigenvalue weighted by atomic mass is 9.55. The summed E-state index contributed by atoms with van der Waals surface area (Å²) in [5.74, 6) is 4.53. The SMILES string of the molecule is COc1ccc(COC[C@@H](C)[C@@H]2CC3(C[C@H]4[C@@H]2C=C(C)C[C@H]4[C@H](COCc2ccc(OC)cc2)C(C)C)OCCO3)cc1. The molecule has 2 fully saturated rings. The molecule has 0 amide bonds.